The van der Waals surface area contributed by atoms with Crippen LogP contribution >= 0.6 is 43.2 Å². The van der Waals surface area contributed by atoms with Gasteiger partial charge in [0.1, 0.15) is 0 Å². The molecule has 0 amide bonds. The highest BCUT2D eigenvalue weighted by atomic mass is 79.9. The number of rotatable bonds is 4. The number of nitrogens with one attached hydrogen (secondary N) is 1. The van der Waals surface area contributed by atoms with Gasteiger partial charge in [-0.3, -0.25) is 0 Å². The molecule has 17 heavy (non-hydrogen) atoms. The molecule has 1 atom stereocenters. The second-order valence-corrected chi connectivity index (χ2v) is 7.76. The summed E-state index contributed by atoms with van der Waals surface area (Å²) >= 11 is 8.68. The van der Waals surface area contributed by atoms with Crippen molar-refractivity contribution in [2.24, 2.45) is 0 Å². The molecule has 2 N–H and O–H groups in total. The zero-order valence-corrected chi connectivity index (χ0v) is 13.6. The van der Waals surface area contributed by atoms with E-state index in [1.54, 1.807) is 11.3 Å². The molecule has 1 aromatic heterocycles. The Morgan fingerprint density at radius 2 is 2.06 bits per heavy atom. The predicted molar refractivity (Wildman–Crippen MR) is 79.6 cm³/mol. The Labute approximate surface area is 123 Å². The first kappa shape index (κ1) is 14.0. The average Bonchev–Trinajstić information content (AvgIpc) is 2.68. The van der Waals surface area contributed by atoms with Crippen molar-refractivity contribution in [1.82, 2.24) is 5.32 Å². The van der Waals surface area contributed by atoms with E-state index in [2.05, 4.69) is 43.2 Å². The maximum atomic E-state index is 9.52. The fourth-order valence-corrected chi connectivity index (χ4v) is 4.45. The molecule has 0 radical (unpaired) electrons. The number of aliphatic hydroxyl groups excluding tert-OH is 1. The van der Waals surface area contributed by atoms with Crippen molar-refractivity contribution < 1.29 is 5.11 Å². The van der Waals surface area contributed by atoms with Gasteiger partial charge in [-0.2, -0.15) is 0 Å². The van der Waals surface area contributed by atoms with Crippen molar-refractivity contribution >= 4 is 43.2 Å². The van der Waals surface area contributed by atoms with E-state index in [-0.39, 0.29) is 12.6 Å². The predicted octanol–water partition coefficient (Wildman–Crippen LogP) is 4.23. The van der Waals surface area contributed by atoms with Gasteiger partial charge < -0.3 is 10.4 Å². The van der Waals surface area contributed by atoms with Gasteiger partial charge in [-0.25, -0.2) is 0 Å². The number of hydrogen-bond donors (Lipinski definition) is 2. The third-order valence-corrected chi connectivity index (χ3v) is 6.60. The SMILES string of the molecule is OCC(NC1CCCCC1)c1cc(Br)c(Br)s1. The minimum Gasteiger partial charge on any atom is -0.394 e. The molecule has 1 aromatic rings. The summed E-state index contributed by atoms with van der Waals surface area (Å²) in [6, 6.07) is 2.73. The summed E-state index contributed by atoms with van der Waals surface area (Å²) in [5.74, 6) is 0. The Hall–Kier alpha value is 0.580. The van der Waals surface area contributed by atoms with Gasteiger partial charge in [0.15, 0.2) is 0 Å². The largest absolute Gasteiger partial charge is 0.394 e. The van der Waals surface area contributed by atoms with Crippen molar-refractivity contribution in [2.75, 3.05) is 6.61 Å². The smallest absolute Gasteiger partial charge is 0.0843 e. The van der Waals surface area contributed by atoms with Crippen LogP contribution in [0.1, 0.15) is 43.0 Å². The maximum Gasteiger partial charge on any atom is 0.0843 e. The first-order valence-electron chi connectivity index (χ1n) is 6.02. The van der Waals surface area contributed by atoms with E-state index in [9.17, 15) is 5.11 Å². The van der Waals surface area contributed by atoms with Crippen LogP contribution in [0, 0.1) is 0 Å². The summed E-state index contributed by atoms with van der Waals surface area (Å²) in [7, 11) is 0. The summed E-state index contributed by atoms with van der Waals surface area (Å²) in [5.41, 5.74) is 0. The molecule has 1 aliphatic carbocycles. The zero-order chi connectivity index (χ0) is 12.3. The van der Waals surface area contributed by atoms with Gasteiger partial charge in [0.2, 0.25) is 0 Å². The Kier molecular flexibility index (Phi) is 5.49. The molecule has 0 aromatic carbocycles. The van der Waals surface area contributed by atoms with Crippen LogP contribution in [-0.2, 0) is 0 Å². The number of hydrogen-bond acceptors (Lipinski definition) is 3. The third-order valence-electron chi connectivity index (χ3n) is 3.23. The molecule has 2 rings (SSSR count). The second-order valence-electron chi connectivity index (χ2n) is 4.51. The first-order chi connectivity index (χ1) is 8.20. The highest BCUT2D eigenvalue weighted by molar-refractivity contribution is 9.13. The van der Waals surface area contributed by atoms with Crippen molar-refractivity contribution in [3.8, 4) is 0 Å². The van der Waals surface area contributed by atoms with Gasteiger partial charge in [-0.15, -0.1) is 11.3 Å². The number of halogens is 2. The maximum absolute atomic E-state index is 9.52. The van der Waals surface area contributed by atoms with Crippen molar-refractivity contribution in [3.05, 3.63) is 19.2 Å². The van der Waals surface area contributed by atoms with E-state index in [1.165, 1.54) is 37.0 Å². The van der Waals surface area contributed by atoms with Crippen LogP contribution in [0.2, 0.25) is 0 Å². The van der Waals surface area contributed by atoms with Gasteiger partial charge in [-0.05, 0) is 50.8 Å². The summed E-state index contributed by atoms with van der Waals surface area (Å²) in [6.07, 6.45) is 6.47. The highest BCUT2D eigenvalue weighted by Gasteiger charge is 2.20. The second kappa shape index (κ2) is 6.66. The number of thiophene rings is 1. The van der Waals surface area contributed by atoms with Crippen LogP contribution < -0.4 is 5.32 Å². The van der Waals surface area contributed by atoms with Gasteiger partial charge in [0.25, 0.3) is 0 Å². The molecule has 0 spiro atoms. The summed E-state index contributed by atoms with van der Waals surface area (Å²) in [5, 5.41) is 13.1. The Balaban J connectivity index is 2.00. The molecule has 2 nitrogen and oxygen atoms in total. The standard InChI is InChI=1S/C12H17Br2NOS/c13-9-6-11(17-12(9)14)10(7-16)15-8-4-2-1-3-5-8/h6,8,10,15-16H,1-5,7H2. The lowest BCUT2D eigenvalue weighted by atomic mass is 9.95. The lowest BCUT2D eigenvalue weighted by molar-refractivity contribution is 0.222. The van der Waals surface area contributed by atoms with E-state index < -0.39 is 0 Å². The topological polar surface area (TPSA) is 32.3 Å². The summed E-state index contributed by atoms with van der Waals surface area (Å²) in [6.45, 7) is 0.163. The molecule has 0 saturated heterocycles. The molecular weight excluding hydrogens is 366 g/mol. The van der Waals surface area contributed by atoms with E-state index >= 15 is 0 Å². The van der Waals surface area contributed by atoms with Crippen LogP contribution in [0.4, 0.5) is 0 Å². The van der Waals surface area contributed by atoms with E-state index in [0.29, 0.717) is 6.04 Å². The number of aliphatic hydroxyl groups is 1. The van der Waals surface area contributed by atoms with Gasteiger partial charge in [0, 0.05) is 15.4 Å². The highest BCUT2D eigenvalue weighted by Crippen LogP contribution is 2.36. The van der Waals surface area contributed by atoms with Crippen molar-refractivity contribution in [1.29, 1.82) is 0 Å². The quantitative estimate of drug-likeness (QED) is 0.816. The Morgan fingerprint density at radius 1 is 1.35 bits per heavy atom. The van der Waals surface area contributed by atoms with Gasteiger partial charge in [-0.1, -0.05) is 19.3 Å². The van der Waals surface area contributed by atoms with Crippen LogP contribution in [0.25, 0.3) is 0 Å². The minimum atomic E-state index is 0.0747. The lowest BCUT2D eigenvalue weighted by Crippen LogP contribution is -2.35. The Morgan fingerprint density at radius 3 is 2.59 bits per heavy atom. The summed E-state index contributed by atoms with van der Waals surface area (Å²) < 4.78 is 2.16. The Bertz CT molecular complexity index is 344. The molecular formula is C12H17Br2NOS. The monoisotopic (exact) mass is 381 g/mol. The molecule has 96 valence electrons. The van der Waals surface area contributed by atoms with Crippen molar-refractivity contribution in [3.63, 3.8) is 0 Å². The van der Waals surface area contributed by atoms with Crippen LogP contribution in [0.15, 0.2) is 14.3 Å². The van der Waals surface area contributed by atoms with Gasteiger partial charge >= 0.3 is 0 Å². The fourth-order valence-electron chi connectivity index (χ4n) is 2.31. The molecule has 1 fully saturated rings. The minimum absolute atomic E-state index is 0.0747. The van der Waals surface area contributed by atoms with Crippen molar-refractivity contribution in [2.45, 2.75) is 44.2 Å². The van der Waals surface area contributed by atoms with Crippen LogP contribution in [0.5, 0.6) is 0 Å². The molecule has 1 unspecified atom stereocenters. The molecule has 0 bridgehead atoms. The van der Waals surface area contributed by atoms with E-state index in [4.69, 9.17) is 0 Å². The zero-order valence-electron chi connectivity index (χ0n) is 9.59. The van der Waals surface area contributed by atoms with Crippen LogP contribution in [0.3, 0.4) is 0 Å². The fraction of sp³-hybridized carbons (Fsp3) is 0.667. The first-order valence-corrected chi connectivity index (χ1v) is 8.42. The van der Waals surface area contributed by atoms with Crippen LogP contribution in [-0.4, -0.2) is 17.8 Å². The molecule has 5 heteroatoms. The molecule has 0 aliphatic heterocycles. The molecule has 1 aliphatic rings. The molecule has 1 saturated carbocycles. The average molecular weight is 383 g/mol. The molecule has 1 heterocycles. The lowest BCUT2D eigenvalue weighted by Gasteiger charge is -2.27. The summed E-state index contributed by atoms with van der Waals surface area (Å²) in [4.78, 5) is 1.19. The van der Waals surface area contributed by atoms with Gasteiger partial charge in [0.05, 0.1) is 16.4 Å². The normalized spacial score (nSPS) is 19.5. The van der Waals surface area contributed by atoms with E-state index in [0.717, 1.165) is 8.26 Å². The third kappa shape index (κ3) is 3.77. The van der Waals surface area contributed by atoms with E-state index in [1.807, 2.05) is 0 Å².